The molecule has 7 nitrogen and oxygen atoms in total. The minimum absolute atomic E-state index is 0.0121. The minimum atomic E-state index is 0.0121. The highest BCUT2D eigenvalue weighted by Gasteiger charge is 2.24. The van der Waals surface area contributed by atoms with E-state index in [-0.39, 0.29) is 12.5 Å². The highest BCUT2D eigenvalue weighted by Crippen LogP contribution is 2.27. The number of fused-ring (bicyclic) bond motifs is 1. The molecule has 160 valence electrons. The van der Waals surface area contributed by atoms with Crippen LogP contribution in [-0.4, -0.2) is 53.4 Å². The van der Waals surface area contributed by atoms with Crippen LogP contribution in [0.2, 0.25) is 0 Å². The van der Waals surface area contributed by atoms with Gasteiger partial charge in [-0.1, -0.05) is 48.5 Å². The molecule has 0 saturated carbocycles. The molecule has 0 bridgehead atoms. The number of carbonyl (C=O) groups is 1. The van der Waals surface area contributed by atoms with Crippen molar-refractivity contribution in [2.45, 2.75) is 19.9 Å². The fourth-order valence-corrected chi connectivity index (χ4v) is 3.80. The van der Waals surface area contributed by atoms with Crippen molar-refractivity contribution in [2.75, 3.05) is 31.6 Å². The molecule has 0 aliphatic carbocycles. The molecule has 2 aromatic carbocycles. The first-order chi connectivity index (χ1) is 15.2. The maximum atomic E-state index is 12.8. The van der Waals surface area contributed by atoms with Crippen molar-refractivity contribution in [2.24, 2.45) is 4.99 Å². The van der Waals surface area contributed by atoms with Crippen molar-refractivity contribution < 1.29 is 4.79 Å². The predicted molar refractivity (Wildman–Crippen MR) is 124 cm³/mol. The van der Waals surface area contributed by atoms with Gasteiger partial charge in [-0.15, -0.1) is 0 Å². The van der Waals surface area contributed by atoms with Crippen molar-refractivity contribution >= 4 is 17.6 Å². The number of guanidine groups is 1. The summed E-state index contributed by atoms with van der Waals surface area (Å²) in [4.78, 5) is 29.1. The molecule has 0 radical (unpaired) electrons. The van der Waals surface area contributed by atoms with Crippen LogP contribution in [0.4, 0.5) is 5.69 Å². The molecule has 4 rings (SSSR count). The standard InChI is InChI=1S/C24H28N6O/c1-3-25-24(27-16-23(31)30-14-13-19-11-7-8-12-21(19)30)29(2)17-22-26-15-20(28-22)18-9-5-4-6-10-18/h4-12,15H,3,13-14,16-17H2,1-2H3,(H,25,27)(H,26,28). The van der Waals surface area contributed by atoms with E-state index in [4.69, 9.17) is 0 Å². The van der Waals surface area contributed by atoms with Gasteiger partial charge in [0.15, 0.2) is 5.96 Å². The van der Waals surface area contributed by atoms with Crippen LogP contribution in [0.3, 0.4) is 0 Å². The second kappa shape index (κ2) is 9.47. The van der Waals surface area contributed by atoms with Crippen LogP contribution in [0.1, 0.15) is 18.3 Å². The van der Waals surface area contributed by atoms with Gasteiger partial charge in [0, 0.05) is 25.8 Å². The van der Waals surface area contributed by atoms with Crippen LogP contribution in [0.5, 0.6) is 0 Å². The molecule has 31 heavy (non-hydrogen) atoms. The number of imidazole rings is 1. The molecular weight excluding hydrogens is 388 g/mol. The SMILES string of the molecule is CCNC(=NCC(=O)N1CCc2ccccc21)N(C)Cc1ncc(-c2ccccc2)[nH]1. The lowest BCUT2D eigenvalue weighted by molar-refractivity contribution is -0.117. The summed E-state index contributed by atoms with van der Waals surface area (Å²) < 4.78 is 0. The number of para-hydroxylation sites is 1. The predicted octanol–water partition coefficient (Wildman–Crippen LogP) is 3.06. The molecule has 7 heteroatoms. The molecule has 0 spiro atoms. The summed E-state index contributed by atoms with van der Waals surface area (Å²) in [5.41, 5.74) is 4.30. The van der Waals surface area contributed by atoms with Gasteiger partial charge in [0.1, 0.15) is 12.4 Å². The third kappa shape index (κ3) is 4.77. The smallest absolute Gasteiger partial charge is 0.248 e. The molecule has 1 aromatic heterocycles. The summed E-state index contributed by atoms with van der Waals surface area (Å²) in [5.74, 6) is 1.53. The minimum Gasteiger partial charge on any atom is -0.357 e. The highest BCUT2D eigenvalue weighted by molar-refractivity contribution is 5.98. The fourth-order valence-electron chi connectivity index (χ4n) is 3.80. The van der Waals surface area contributed by atoms with Crippen LogP contribution in [0.15, 0.2) is 65.8 Å². The Hall–Kier alpha value is -3.61. The molecule has 1 aliphatic heterocycles. The second-order valence-corrected chi connectivity index (χ2v) is 7.56. The van der Waals surface area contributed by atoms with Crippen molar-refractivity contribution in [1.29, 1.82) is 0 Å². The zero-order valence-corrected chi connectivity index (χ0v) is 18.0. The van der Waals surface area contributed by atoms with Gasteiger partial charge in [0.05, 0.1) is 18.4 Å². The van der Waals surface area contributed by atoms with Gasteiger partial charge in [-0.2, -0.15) is 0 Å². The number of hydrogen-bond donors (Lipinski definition) is 2. The van der Waals surface area contributed by atoms with Crippen molar-refractivity contribution in [1.82, 2.24) is 20.2 Å². The number of hydrogen-bond acceptors (Lipinski definition) is 3. The van der Waals surface area contributed by atoms with Crippen LogP contribution >= 0.6 is 0 Å². The van der Waals surface area contributed by atoms with Gasteiger partial charge in [0.25, 0.3) is 0 Å². The summed E-state index contributed by atoms with van der Waals surface area (Å²) >= 11 is 0. The monoisotopic (exact) mass is 416 g/mol. The molecule has 1 aliphatic rings. The number of anilines is 1. The number of carbonyl (C=O) groups excluding carboxylic acids is 1. The Morgan fingerprint density at radius 3 is 2.77 bits per heavy atom. The number of H-pyrrole nitrogens is 1. The summed E-state index contributed by atoms with van der Waals surface area (Å²) in [7, 11) is 1.95. The number of nitrogens with one attached hydrogen (secondary N) is 2. The van der Waals surface area contributed by atoms with E-state index < -0.39 is 0 Å². The number of aromatic nitrogens is 2. The molecule has 0 fully saturated rings. The van der Waals surface area contributed by atoms with E-state index >= 15 is 0 Å². The third-order valence-corrected chi connectivity index (χ3v) is 5.35. The van der Waals surface area contributed by atoms with E-state index in [9.17, 15) is 4.79 Å². The number of benzene rings is 2. The molecule has 2 N–H and O–H groups in total. The van der Waals surface area contributed by atoms with Crippen LogP contribution in [-0.2, 0) is 17.8 Å². The quantitative estimate of drug-likeness (QED) is 0.478. The molecule has 0 saturated heterocycles. The zero-order chi connectivity index (χ0) is 21.6. The number of aromatic amines is 1. The first-order valence-electron chi connectivity index (χ1n) is 10.6. The van der Waals surface area contributed by atoms with E-state index in [1.807, 2.05) is 66.4 Å². The number of amides is 1. The Labute approximate surface area is 182 Å². The van der Waals surface area contributed by atoms with Crippen molar-refractivity contribution in [3.05, 3.63) is 72.2 Å². The van der Waals surface area contributed by atoms with Crippen LogP contribution in [0, 0.1) is 0 Å². The topological polar surface area (TPSA) is 76.6 Å². The highest BCUT2D eigenvalue weighted by atomic mass is 16.2. The van der Waals surface area contributed by atoms with Crippen LogP contribution < -0.4 is 10.2 Å². The van der Waals surface area contributed by atoms with E-state index in [2.05, 4.69) is 38.5 Å². The number of nitrogens with zero attached hydrogens (tertiary/aromatic N) is 4. The lowest BCUT2D eigenvalue weighted by atomic mass is 10.2. The van der Waals surface area contributed by atoms with Gasteiger partial charge in [-0.3, -0.25) is 4.79 Å². The third-order valence-electron chi connectivity index (χ3n) is 5.35. The van der Waals surface area contributed by atoms with E-state index in [0.717, 1.165) is 42.3 Å². The Morgan fingerprint density at radius 2 is 1.97 bits per heavy atom. The molecule has 3 aromatic rings. The molecule has 0 atom stereocenters. The fraction of sp³-hybridized carbons (Fsp3) is 0.292. The second-order valence-electron chi connectivity index (χ2n) is 7.56. The summed E-state index contributed by atoms with van der Waals surface area (Å²) in [6.45, 7) is 4.11. The first-order valence-corrected chi connectivity index (χ1v) is 10.6. The Balaban J connectivity index is 1.42. The maximum Gasteiger partial charge on any atom is 0.248 e. The van der Waals surface area contributed by atoms with Crippen LogP contribution in [0.25, 0.3) is 11.3 Å². The maximum absolute atomic E-state index is 12.8. The number of aliphatic imine (C=N–C) groups is 1. The first kappa shape index (κ1) is 20.7. The Morgan fingerprint density at radius 1 is 1.19 bits per heavy atom. The average Bonchev–Trinajstić information content (AvgIpc) is 3.44. The van der Waals surface area contributed by atoms with E-state index in [1.165, 1.54) is 5.56 Å². The molecule has 0 unspecified atom stereocenters. The van der Waals surface area contributed by atoms with Gasteiger partial charge in [-0.25, -0.2) is 9.98 Å². The Bertz CT molecular complexity index is 1060. The molecule has 2 heterocycles. The van der Waals surface area contributed by atoms with Gasteiger partial charge < -0.3 is 20.1 Å². The average molecular weight is 417 g/mol. The lowest BCUT2D eigenvalue weighted by Crippen LogP contribution is -2.40. The zero-order valence-electron chi connectivity index (χ0n) is 18.0. The summed E-state index contributed by atoms with van der Waals surface area (Å²) in [6, 6.07) is 18.2. The summed E-state index contributed by atoms with van der Waals surface area (Å²) in [5, 5.41) is 3.27. The van der Waals surface area contributed by atoms with Gasteiger partial charge >= 0.3 is 0 Å². The lowest BCUT2D eigenvalue weighted by Gasteiger charge is -2.22. The normalized spacial score (nSPS) is 13.2. The molecular formula is C24H28N6O. The van der Waals surface area contributed by atoms with E-state index in [0.29, 0.717) is 12.5 Å². The summed E-state index contributed by atoms with van der Waals surface area (Å²) in [6.07, 6.45) is 2.74. The largest absolute Gasteiger partial charge is 0.357 e. The van der Waals surface area contributed by atoms with Gasteiger partial charge in [-0.05, 0) is 30.5 Å². The number of rotatable bonds is 6. The van der Waals surface area contributed by atoms with Crippen molar-refractivity contribution in [3.8, 4) is 11.3 Å². The Kier molecular flexibility index (Phi) is 6.31. The van der Waals surface area contributed by atoms with E-state index in [1.54, 1.807) is 0 Å². The van der Waals surface area contributed by atoms with Crippen molar-refractivity contribution in [3.63, 3.8) is 0 Å². The molecule has 1 amide bonds. The van der Waals surface area contributed by atoms with Gasteiger partial charge in [0.2, 0.25) is 5.91 Å².